The van der Waals surface area contributed by atoms with Crippen molar-refractivity contribution in [2.75, 3.05) is 7.11 Å². The normalized spacial score (nSPS) is 21.1. The van der Waals surface area contributed by atoms with Crippen molar-refractivity contribution in [2.45, 2.75) is 89.4 Å². The van der Waals surface area contributed by atoms with Gasteiger partial charge >= 0.3 is 0 Å². The van der Waals surface area contributed by atoms with E-state index < -0.39 is 0 Å². The van der Waals surface area contributed by atoms with E-state index in [1.165, 1.54) is 29.7 Å². The third kappa shape index (κ3) is 6.54. The van der Waals surface area contributed by atoms with Gasteiger partial charge in [-0.1, -0.05) is 79.0 Å². The first-order valence-corrected chi connectivity index (χ1v) is 15.0. The van der Waals surface area contributed by atoms with Gasteiger partial charge in [-0.3, -0.25) is 9.59 Å². The molecule has 0 heterocycles. The zero-order valence-electron chi connectivity index (χ0n) is 23.9. The minimum atomic E-state index is -0.253. The summed E-state index contributed by atoms with van der Waals surface area (Å²) in [5, 5.41) is 0. The molecule has 0 N–H and O–H groups in total. The zero-order valence-corrected chi connectivity index (χ0v) is 23.9. The molecule has 5 rings (SSSR count). The first kappa shape index (κ1) is 28.3. The number of carbonyl (C=O) groups excluding carboxylic acids is 2. The summed E-state index contributed by atoms with van der Waals surface area (Å²) in [6.45, 7) is 2.13. The Bertz CT molecular complexity index is 1320. The highest BCUT2D eigenvalue weighted by Crippen LogP contribution is 2.48. The Kier molecular flexibility index (Phi) is 9.14. The molecule has 0 spiro atoms. The van der Waals surface area contributed by atoms with Gasteiger partial charge in [-0.2, -0.15) is 0 Å². The van der Waals surface area contributed by atoms with Crippen LogP contribution in [0, 0.1) is 11.7 Å². The first-order valence-electron chi connectivity index (χ1n) is 15.0. The summed E-state index contributed by atoms with van der Waals surface area (Å²) < 4.78 is 19.7. The van der Waals surface area contributed by atoms with Crippen LogP contribution < -0.4 is 4.74 Å². The number of ether oxygens (including phenoxy) is 1. The number of Topliss-reactive ketones (excluding diaryl/α,β-unsaturated/α-hetero) is 2. The highest BCUT2D eigenvalue weighted by molar-refractivity contribution is 5.99. The molecule has 2 atom stereocenters. The van der Waals surface area contributed by atoms with Crippen molar-refractivity contribution in [2.24, 2.45) is 5.92 Å². The fourth-order valence-electron chi connectivity index (χ4n) is 6.78. The van der Waals surface area contributed by atoms with E-state index in [-0.39, 0.29) is 35.1 Å². The summed E-state index contributed by atoms with van der Waals surface area (Å²) in [6, 6.07) is 12.8. The Morgan fingerprint density at radius 3 is 2.42 bits per heavy atom. The second-order valence-electron chi connectivity index (χ2n) is 11.8. The van der Waals surface area contributed by atoms with Crippen LogP contribution in [0.4, 0.5) is 4.39 Å². The van der Waals surface area contributed by atoms with Crippen LogP contribution in [0.5, 0.6) is 5.75 Å². The summed E-state index contributed by atoms with van der Waals surface area (Å²) in [5.74, 6) is 1.11. The summed E-state index contributed by atoms with van der Waals surface area (Å²) in [4.78, 5) is 26.7. The van der Waals surface area contributed by atoms with Crippen LogP contribution in [-0.2, 0) is 16.0 Å². The predicted molar refractivity (Wildman–Crippen MR) is 158 cm³/mol. The summed E-state index contributed by atoms with van der Waals surface area (Å²) >= 11 is 0. The monoisotopic (exact) mass is 540 g/mol. The SMILES string of the molecule is COc1c(CCC(=O)CCC2=CCC(C)=C2)cccc1C1CC(c2ccc(F)cc2)C=C1C(=O)C1CCCCC1. The number of allylic oxidation sites excluding steroid dienone is 6. The first-order chi connectivity index (χ1) is 19.4. The summed E-state index contributed by atoms with van der Waals surface area (Å²) in [5.41, 5.74) is 6.56. The van der Waals surface area contributed by atoms with Crippen LogP contribution in [0.2, 0.25) is 0 Å². The van der Waals surface area contributed by atoms with Gasteiger partial charge in [-0.15, -0.1) is 0 Å². The highest BCUT2D eigenvalue weighted by atomic mass is 19.1. The molecular weight excluding hydrogens is 499 g/mol. The molecule has 3 aliphatic carbocycles. The average molecular weight is 541 g/mol. The summed E-state index contributed by atoms with van der Waals surface area (Å²) in [7, 11) is 1.68. The van der Waals surface area contributed by atoms with Crippen molar-refractivity contribution in [3.63, 3.8) is 0 Å². The number of ketones is 2. The van der Waals surface area contributed by atoms with Gasteiger partial charge < -0.3 is 4.74 Å². The van der Waals surface area contributed by atoms with Crippen LogP contribution in [0.1, 0.15) is 99.7 Å². The Morgan fingerprint density at radius 1 is 0.975 bits per heavy atom. The van der Waals surface area contributed by atoms with Crippen LogP contribution in [0.15, 0.2) is 77.4 Å². The molecule has 1 fully saturated rings. The van der Waals surface area contributed by atoms with Crippen LogP contribution in [-0.4, -0.2) is 18.7 Å². The van der Waals surface area contributed by atoms with Crippen LogP contribution in [0.3, 0.4) is 0 Å². The third-order valence-electron chi connectivity index (χ3n) is 8.99. The van der Waals surface area contributed by atoms with Crippen molar-refractivity contribution in [3.8, 4) is 5.75 Å². The maximum atomic E-state index is 13.9. The quantitative estimate of drug-likeness (QED) is 0.286. The van der Waals surface area contributed by atoms with Crippen LogP contribution in [0.25, 0.3) is 0 Å². The van der Waals surface area contributed by atoms with Gasteiger partial charge in [0, 0.05) is 36.2 Å². The molecule has 4 heteroatoms. The smallest absolute Gasteiger partial charge is 0.162 e. The number of halogens is 1. The molecule has 40 heavy (non-hydrogen) atoms. The van der Waals surface area contributed by atoms with Crippen molar-refractivity contribution < 1.29 is 18.7 Å². The Morgan fingerprint density at radius 2 is 1.73 bits per heavy atom. The predicted octanol–water partition coefficient (Wildman–Crippen LogP) is 8.74. The lowest BCUT2D eigenvalue weighted by atomic mass is 9.79. The number of hydrogen-bond acceptors (Lipinski definition) is 3. The van der Waals surface area contributed by atoms with Gasteiger partial charge in [0.1, 0.15) is 17.3 Å². The van der Waals surface area contributed by atoms with E-state index in [1.807, 2.05) is 24.3 Å². The van der Waals surface area contributed by atoms with E-state index in [0.717, 1.165) is 73.0 Å². The molecule has 0 aromatic heterocycles. The topological polar surface area (TPSA) is 43.4 Å². The number of aryl methyl sites for hydroxylation is 1. The largest absolute Gasteiger partial charge is 0.496 e. The molecule has 210 valence electrons. The van der Waals surface area contributed by atoms with Crippen molar-refractivity contribution in [1.29, 1.82) is 0 Å². The molecule has 0 radical (unpaired) electrons. The van der Waals surface area contributed by atoms with Gasteiger partial charge in [-0.05, 0) is 74.3 Å². The van der Waals surface area contributed by atoms with Crippen LogP contribution >= 0.6 is 0 Å². The number of carbonyl (C=O) groups is 2. The van der Waals surface area contributed by atoms with Gasteiger partial charge in [0.2, 0.25) is 0 Å². The maximum Gasteiger partial charge on any atom is 0.162 e. The van der Waals surface area contributed by atoms with Gasteiger partial charge in [0.15, 0.2) is 5.78 Å². The molecule has 3 aliphatic rings. The molecule has 2 aromatic rings. The van der Waals surface area contributed by atoms with E-state index in [4.69, 9.17) is 4.74 Å². The van der Waals surface area contributed by atoms with Crippen molar-refractivity contribution in [1.82, 2.24) is 0 Å². The van der Waals surface area contributed by atoms with Gasteiger partial charge in [0.25, 0.3) is 0 Å². The second kappa shape index (κ2) is 12.9. The van der Waals surface area contributed by atoms with Crippen molar-refractivity contribution >= 4 is 11.6 Å². The molecule has 3 nitrogen and oxygen atoms in total. The Labute approximate surface area is 238 Å². The minimum absolute atomic E-state index is 0.0469. The molecule has 1 saturated carbocycles. The molecule has 0 bridgehead atoms. The van der Waals surface area contributed by atoms with E-state index in [2.05, 4.69) is 31.2 Å². The molecular formula is C36H41FO3. The standard InChI is InChI=1S/C36H41FO3/c1-24-11-12-25(21-24)13-19-31(38)20-16-28-9-6-10-32(36(28)40-2)33-22-29(26-14-17-30(37)18-15-26)23-34(33)35(39)27-7-4-3-5-8-27/h6,9-10,12,14-15,17-18,21,23,27,29,33H,3-5,7-8,11,13,16,19-20,22H2,1-2H3. The lowest BCUT2D eigenvalue weighted by Crippen LogP contribution is -2.21. The highest BCUT2D eigenvalue weighted by Gasteiger charge is 2.37. The molecule has 2 unspecified atom stereocenters. The molecule has 2 aromatic carbocycles. The fraction of sp³-hybridized carbons (Fsp3) is 0.444. The van der Waals surface area contributed by atoms with Gasteiger partial charge in [0.05, 0.1) is 7.11 Å². The molecule has 0 amide bonds. The second-order valence-corrected chi connectivity index (χ2v) is 11.8. The number of benzene rings is 2. The van der Waals surface area contributed by atoms with Gasteiger partial charge in [-0.25, -0.2) is 4.39 Å². The lowest BCUT2D eigenvalue weighted by Gasteiger charge is -2.25. The van der Waals surface area contributed by atoms with E-state index >= 15 is 0 Å². The average Bonchev–Trinajstić information content (AvgIpc) is 3.61. The fourth-order valence-corrected chi connectivity index (χ4v) is 6.78. The minimum Gasteiger partial charge on any atom is -0.496 e. The van der Waals surface area contributed by atoms with E-state index in [9.17, 15) is 14.0 Å². The third-order valence-corrected chi connectivity index (χ3v) is 8.99. The Balaban J connectivity index is 1.36. The number of hydrogen-bond donors (Lipinski definition) is 0. The number of para-hydroxylation sites is 1. The molecule has 0 aliphatic heterocycles. The number of methoxy groups -OCH3 is 1. The maximum absolute atomic E-state index is 13.9. The lowest BCUT2D eigenvalue weighted by molar-refractivity contribution is -0.120. The number of rotatable bonds is 11. The Hall–Kier alpha value is -3.27. The van der Waals surface area contributed by atoms with E-state index in [1.54, 1.807) is 7.11 Å². The molecule has 0 saturated heterocycles. The van der Waals surface area contributed by atoms with E-state index in [0.29, 0.717) is 19.3 Å². The zero-order chi connectivity index (χ0) is 28.1. The summed E-state index contributed by atoms with van der Waals surface area (Å²) in [6.07, 6.45) is 16.1. The van der Waals surface area contributed by atoms with Crippen molar-refractivity contribution in [3.05, 3.63) is 99.9 Å².